The summed E-state index contributed by atoms with van der Waals surface area (Å²) in [4.78, 5) is 0.258. The molecule has 0 radical (unpaired) electrons. The van der Waals surface area contributed by atoms with Crippen LogP contribution in [0.4, 0.5) is 0 Å². The van der Waals surface area contributed by atoms with E-state index >= 15 is 0 Å². The third-order valence-electron chi connectivity index (χ3n) is 3.84. The Kier molecular flexibility index (Phi) is 5.07. The molecule has 20 heavy (non-hydrogen) atoms. The molecule has 1 fully saturated rings. The monoisotopic (exact) mass is 316 g/mol. The van der Waals surface area contributed by atoms with Crippen LogP contribution in [0.1, 0.15) is 38.2 Å². The standard InChI is InChI=1S/C14H21ClN2O2S/c1-11-5-3-2-4-8-17(11)20(18,19)13-7-6-12(10-16)14(15)9-13/h6-7,9,11H,2-5,8,10,16H2,1H3. The van der Waals surface area contributed by atoms with E-state index in [9.17, 15) is 8.42 Å². The second-order valence-electron chi connectivity index (χ2n) is 5.27. The summed E-state index contributed by atoms with van der Waals surface area (Å²) in [6.45, 7) is 2.86. The zero-order valence-electron chi connectivity index (χ0n) is 11.7. The number of rotatable bonds is 3. The maximum atomic E-state index is 12.7. The van der Waals surface area contributed by atoms with Crippen LogP contribution in [-0.2, 0) is 16.6 Å². The molecule has 1 saturated heterocycles. The van der Waals surface area contributed by atoms with E-state index < -0.39 is 10.0 Å². The van der Waals surface area contributed by atoms with Gasteiger partial charge in [-0.1, -0.05) is 30.5 Å². The van der Waals surface area contributed by atoms with Crippen molar-refractivity contribution in [3.63, 3.8) is 0 Å². The van der Waals surface area contributed by atoms with Gasteiger partial charge in [-0.05, 0) is 37.5 Å². The highest BCUT2D eigenvalue weighted by molar-refractivity contribution is 7.89. The minimum atomic E-state index is -3.47. The Morgan fingerprint density at radius 3 is 2.75 bits per heavy atom. The number of nitrogens with two attached hydrogens (primary N) is 1. The number of halogens is 1. The van der Waals surface area contributed by atoms with E-state index in [2.05, 4.69) is 0 Å². The van der Waals surface area contributed by atoms with E-state index in [0.717, 1.165) is 31.2 Å². The van der Waals surface area contributed by atoms with Crippen LogP contribution in [0.5, 0.6) is 0 Å². The Morgan fingerprint density at radius 1 is 1.35 bits per heavy atom. The maximum Gasteiger partial charge on any atom is 0.243 e. The molecule has 112 valence electrons. The number of hydrogen-bond donors (Lipinski definition) is 1. The summed E-state index contributed by atoms with van der Waals surface area (Å²) < 4.78 is 27.1. The van der Waals surface area contributed by atoms with Crippen LogP contribution < -0.4 is 5.73 Å². The smallest absolute Gasteiger partial charge is 0.243 e. The van der Waals surface area contributed by atoms with Crippen molar-refractivity contribution in [2.24, 2.45) is 5.73 Å². The molecule has 0 aromatic heterocycles. The molecule has 1 unspecified atom stereocenters. The van der Waals surface area contributed by atoms with Crippen molar-refractivity contribution in [1.29, 1.82) is 0 Å². The molecule has 1 heterocycles. The van der Waals surface area contributed by atoms with E-state index in [-0.39, 0.29) is 10.9 Å². The molecule has 1 aliphatic heterocycles. The molecular weight excluding hydrogens is 296 g/mol. The Balaban J connectivity index is 2.36. The minimum Gasteiger partial charge on any atom is -0.326 e. The van der Waals surface area contributed by atoms with Gasteiger partial charge in [0, 0.05) is 24.2 Å². The minimum absolute atomic E-state index is 0.0375. The fourth-order valence-corrected chi connectivity index (χ4v) is 4.64. The van der Waals surface area contributed by atoms with Crippen LogP contribution in [-0.4, -0.2) is 25.3 Å². The third kappa shape index (κ3) is 3.17. The van der Waals surface area contributed by atoms with Gasteiger partial charge in [-0.15, -0.1) is 0 Å². The van der Waals surface area contributed by atoms with Gasteiger partial charge in [0.2, 0.25) is 10.0 Å². The quantitative estimate of drug-likeness (QED) is 0.932. The lowest BCUT2D eigenvalue weighted by Crippen LogP contribution is -2.38. The van der Waals surface area contributed by atoms with Crippen LogP contribution in [0.15, 0.2) is 23.1 Å². The predicted octanol–water partition coefficient (Wildman–Crippen LogP) is 2.75. The molecule has 1 aromatic carbocycles. The summed E-state index contributed by atoms with van der Waals surface area (Å²) in [6, 6.07) is 4.84. The normalized spacial score (nSPS) is 21.6. The summed E-state index contributed by atoms with van der Waals surface area (Å²) in [6.07, 6.45) is 4.00. The average Bonchev–Trinajstić information content (AvgIpc) is 2.63. The lowest BCUT2D eigenvalue weighted by atomic mass is 10.1. The molecule has 1 atom stereocenters. The second-order valence-corrected chi connectivity index (χ2v) is 7.57. The highest BCUT2D eigenvalue weighted by Crippen LogP contribution is 2.27. The number of sulfonamides is 1. The van der Waals surface area contributed by atoms with Crippen molar-refractivity contribution in [3.8, 4) is 0 Å². The lowest BCUT2D eigenvalue weighted by Gasteiger charge is -2.26. The van der Waals surface area contributed by atoms with Crippen molar-refractivity contribution >= 4 is 21.6 Å². The fourth-order valence-electron chi connectivity index (χ4n) is 2.60. The molecule has 0 bridgehead atoms. The predicted molar refractivity (Wildman–Crippen MR) is 81.2 cm³/mol. The summed E-state index contributed by atoms with van der Waals surface area (Å²) in [5.41, 5.74) is 6.31. The Labute approximate surface area is 126 Å². The van der Waals surface area contributed by atoms with Gasteiger partial charge in [-0.2, -0.15) is 4.31 Å². The van der Waals surface area contributed by atoms with Crippen molar-refractivity contribution in [2.75, 3.05) is 6.54 Å². The number of nitrogens with zero attached hydrogens (tertiary/aromatic N) is 1. The molecule has 6 heteroatoms. The summed E-state index contributed by atoms with van der Waals surface area (Å²) in [5.74, 6) is 0. The van der Waals surface area contributed by atoms with Gasteiger partial charge in [0.05, 0.1) is 4.90 Å². The SMILES string of the molecule is CC1CCCCCN1S(=O)(=O)c1ccc(CN)c(Cl)c1. The zero-order valence-corrected chi connectivity index (χ0v) is 13.3. The van der Waals surface area contributed by atoms with Gasteiger partial charge in [0.15, 0.2) is 0 Å². The van der Waals surface area contributed by atoms with Gasteiger partial charge in [0.25, 0.3) is 0 Å². The van der Waals surface area contributed by atoms with E-state index in [1.54, 1.807) is 16.4 Å². The zero-order chi connectivity index (χ0) is 14.8. The number of hydrogen-bond acceptors (Lipinski definition) is 3. The molecule has 1 aliphatic rings. The van der Waals surface area contributed by atoms with Crippen LogP contribution in [0.3, 0.4) is 0 Å². The first-order valence-corrected chi connectivity index (χ1v) is 8.79. The Morgan fingerprint density at radius 2 is 2.10 bits per heavy atom. The van der Waals surface area contributed by atoms with E-state index in [1.807, 2.05) is 6.92 Å². The highest BCUT2D eigenvalue weighted by Gasteiger charge is 2.30. The summed E-state index contributed by atoms with van der Waals surface area (Å²) >= 11 is 6.08. The highest BCUT2D eigenvalue weighted by atomic mass is 35.5. The van der Waals surface area contributed by atoms with E-state index in [4.69, 9.17) is 17.3 Å². The topological polar surface area (TPSA) is 63.4 Å². The van der Waals surface area contributed by atoms with Crippen LogP contribution in [0.2, 0.25) is 5.02 Å². The molecule has 0 saturated carbocycles. The van der Waals surface area contributed by atoms with E-state index in [0.29, 0.717) is 18.1 Å². The molecule has 1 aromatic rings. The third-order valence-corrected chi connectivity index (χ3v) is 6.20. The van der Waals surface area contributed by atoms with Crippen molar-refractivity contribution in [1.82, 2.24) is 4.31 Å². The van der Waals surface area contributed by atoms with Crippen LogP contribution >= 0.6 is 11.6 Å². The van der Waals surface area contributed by atoms with Crippen molar-refractivity contribution < 1.29 is 8.42 Å². The Bertz CT molecular complexity index is 575. The van der Waals surface area contributed by atoms with Gasteiger partial charge >= 0.3 is 0 Å². The summed E-state index contributed by atoms with van der Waals surface area (Å²) in [7, 11) is -3.47. The number of benzene rings is 1. The van der Waals surface area contributed by atoms with Gasteiger partial charge < -0.3 is 5.73 Å². The largest absolute Gasteiger partial charge is 0.326 e. The first-order valence-electron chi connectivity index (χ1n) is 6.97. The molecule has 2 rings (SSSR count). The molecule has 2 N–H and O–H groups in total. The van der Waals surface area contributed by atoms with Crippen LogP contribution in [0.25, 0.3) is 0 Å². The summed E-state index contributed by atoms with van der Waals surface area (Å²) in [5, 5.41) is 0.413. The van der Waals surface area contributed by atoms with Gasteiger partial charge in [-0.3, -0.25) is 0 Å². The first-order chi connectivity index (χ1) is 9.46. The van der Waals surface area contributed by atoms with Gasteiger partial charge in [-0.25, -0.2) is 8.42 Å². The maximum absolute atomic E-state index is 12.7. The van der Waals surface area contributed by atoms with E-state index in [1.165, 1.54) is 6.07 Å². The fraction of sp³-hybridized carbons (Fsp3) is 0.571. The van der Waals surface area contributed by atoms with Crippen molar-refractivity contribution in [3.05, 3.63) is 28.8 Å². The lowest BCUT2D eigenvalue weighted by molar-refractivity contribution is 0.342. The van der Waals surface area contributed by atoms with Crippen molar-refractivity contribution in [2.45, 2.75) is 50.1 Å². The molecule has 0 amide bonds. The first kappa shape index (κ1) is 15.8. The van der Waals surface area contributed by atoms with Crippen LogP contribution in [0, 0.1) is 0 Å². The molecule has 0 spiro atoms. The molecule has 0 aliphatic carbocycles. The molecular formula is C14H21ClN2O2S. The second kappa shape index (κ2) is 6.43. The van der Waals surface area contributed by atoms with Gasteiger partial charge in [0.1, 0.15) is 0 Å². The Hall–Kier alpha value is -0.620. The molecule has 4 nitrogen and oxygen atoms in total. The average molecular weight is 317 g/mol.